The molecule has 0 saturated carbocycles. The largest absolute Gasteiger partial charge is 0.354 e. The fourth-order valence-corrected chi connectivity index (χ4v) is 2.90. The molecule has 1 aromatic heterocycles. The zero-order valence-electron chi connectivity index (χ0n) is 14.6. The van der Waals surface area contributed by atoms with Crippen molar-refractivity contribution in [2.45, 2.75) is 12.5 Å². The molecule has 1 atom stereocenters. The second-order valence-corrected chi connectivity index (χ2v) is 6.27. The smallest absolute Gasteiger partial charge is 0.242 e. The third-order valence-corrected chi connectivity index (χ3v) is 4.12. The fraction of sp³-hybridized carbons (Fsp3) is 0.263. The van der Waals surface area contributed by atoms with Crippen LogP contribution in [0, 0.1) is 11.6 Å². The van der Waals surface area contributed by atoms with Crippen LogP contribution in [0.4, 0.5) is 8.78 Å². The Morgan fingerprint density at radius 3 is 2.73 bits per heavy atom. The van der Waals surface area contributed by atoms with Crippen molar-refractivity contribution in [3.8, 4) is 0 Å². The van der Waals surface area contributed by atoms with Crippen LogP contribution in [0.2, 0.25) is 0 Å². The molecule has 26 heavy (non-hydrogen) atoms. The Hall–Kier alpha value is -2.80. The summed E-state index contributed by atoms with van der Waals surface area (Å²) in [4.78, 5) is 21.6. The number of nitrogens with one attached hydrogen (secondary N) is 2. The number of carbonyl (C=O) groups is 1. The van der Waals surface area contributed by atoms with Crippen LogP contribution in [0.15, 0.2) is 42.5 Å². The number of aromatic amines is 1. The molecule has 5 nitrogen and oxygen atoms in total. The van der Waals surface area contributed by atoms with Crippen LogP contribution >= 0.6 is 0 Å². The molecule has 0 spiro atoms. The highest BCUT2D eigenvalue weighted by Gasteiger charge is 2.25. The number of carbonyl (C=O) groups excluding carboxylic acids is 1. The normalized spacial score (nSPS) is 12.5. The summed E-state index contributed by atoms with van der Waals surface area (Å²) in [5.41, 5.74) is 1.61. The van der Waals surface area contributed by atoms with Crippen molar-refractivity contribution in [3.63, 3.8) is 0 Å². The molecular formula is C19H20F2N4O. The van der Waals surface area contributed by atoms with E-state index in [2.05, 4.69) is 15.3 Å². The van der Waals surface area contributed by atoms with Crippen molar-refractivity contribution in [2.24, 2.45) is 0 Å². The van der Waals surface area contributed by atoms with E-state index in [1.807, 2.05) is 0 Å². The zero-order valence-corrected chi connectivity index (χ0v) is 14.6. The van der Waals surface area contributed by atoms with E-state index in [1.54, 1.807) is 43.3 Å². The topological polar surface area (TPSA) is 61.0 Å². The van der Waals surface area contributed by atoms with Gasteiger partial charge in [-0.3, -0.25) is 9.69 Å². The van der Waals surface area contributed by atoms with Gasteiger partial charge in [-0.2, -0.15) is 0 Å². The number of hydrogen-bond donors (Lipinski definition) is 2. The van der Waals surface area contributed by atoms with Crippen LogP contribution in [-0.2, 0) is 11.2 Å². The maximum Gasteiger partial charge on any atom is 0.242 e. The highest BCUT2D eigenvalue weighted by molar-refractivity contribution is 5.83. The summed E-state index contributed by atoms with van der Waals surface area (Å²) >= 11 is 0. The predicted octanol–water partition coefficient (Wildman–Crippen LogP) is 2.80. The standard InChI is InChI=1S/C19H20F2N4O/c1-25(2)18(13-5-3-4-6-14(13)21)19(26)22-10-9-17-23-15-8-7-12(20)11-16(15)24-17/h3-8,11,18H,9-10H2,1-2H3,(H,22,26)(H,23,24)/t18-/m0/s1. The Kier molecular flexibility index (Phi) is 5.27. The Labute approximate surface area is 150 Å². The van der Waals surface area contributed by atoms with E-state index in [1.165, 1.54) is 18.2 Å². The van der Waals surface area contributed by atoms with Crippen LogP contribution in [0.5, 0.6) is 0 Å². The van der Waals surface area contributed by atoms with E-state index in [0.29, 0.717) is 35.4 Å². The minimum atomic E-state index is -0.721. The van der Waals surface area contributed by atoms with Gasteiger partial charge in [-0.1, -0.05) is 18.2 Å². The molecule has 0 saturated heterocycles. The molecule has 1 heterocycles. The van der Waals surface area contributed by atoms with Crippen molar-refractivity contribution in [1.29, 1.82) is 0 Å². The van der Waals surface area contributed by atoms with Gasteiger partial charge < -0.3 is 10.3 Å². The van der Waals surface area contributed by atoms with Gasteiger partial charge in [-0.15, -0.1) is 0 Å². The van der Waals surface area contributed by atoms with Crippen molar-refractivity contribution < 1.29 is 13.6 Å². The van der Waals surface area contributed by atoms with Crippen molar-refractivity contribution in [2.75, 3.05) is 20.6 Å². The monoisotopic (exact) mass is 358 g/mol. The number of rotatable bonds is 6. The first-order valence-electron chi connectivity index (χ1n) is 8.28. The van der Waals surface area contributed by atoms with Gasteiger partial charge in [0.1, 0.15) is 23.5 Å². The molecule has 0 unspecified atom stereocenters. The highest BCUT2D eigenvalue weighted by Crippen LogP contribution is 2.21. The molecule has 0 aliphatic heterocycles. The first-order valence-corrected chi connectivity index (χ1v) is 8.28. The number of likely N-dealkylation sites (N-methyl/N-ethyl adjacent to an activating group) is 1. The van der Waals surface area contributed by atoms with Gasteiger partial charge >= 0.3 is 0 Å². The molecule has 2 N–H and O–H groups in total. The number of halogens is 2. The third kappa shape index (κ3) is 3.88. The number of amides is 1. The molecule has 0 aliphatic carbocycles. The van der Waals surface area contributed by atoms with Crippen molar-refractivity contribution in [1.82, 2.24) is 20.2 Å². The Balaban J connectivity index is 1.65. The maximum absolute atomic E-state index is 14.0. The van der Waals surface area contributed by atoms with Gasteiger partial charge in [0.05, 0.1) is 11.0 Å². The molecule has 136 valence electrons. The molecular weight excluding hydrogens is 338 g/mol. The number of H-pyrrole nitrogens is 1. The van der Waals surface area contributed by atoms with E-state index in [4.69, 9.17) is 0 Å². The minimum Gasteiger partial charge on any atom is -0.354 e. The fourth-order valence-electron chi connectivity index (χ4n) is 2.90. The highest BCUT2D eigenvalue weighted by atomic mass is 19.1. The van der Waals surface area contributed by atoms with Gasteiger partial charge in [0.25, 0.3) is 0 Å². The molecule has 0 fully saturated rings. The summed E-state index contributed by atoms with van der Waals surface area (Å²) in [6, 6.07) is 9.85. The number of nitrogens with zero attached hydrogens (tertiary/aromatic N) is 2. The van der Waals surface area contributed by atoms with Gasteiger partial charge in [-0.05, 0) is 38.4 Å². The Morgan fingerprint density at radius 1 is 1.23 bits per heavy atom. The van der Waals surface area contributed by atoms with Crippen molar-refractivity contribution in [3.05, 3.63) is 65.5 Å². The Morgan fingerprint density at radius 2 is 2.00 bits per heavy atom. The molecule has 0 aliphatic rings. The van der Waals surface area contributed by atoms with Crippen LogP contribution in [0.3, 0.4) is 0 Å². The number of imidazole rings is 1. The summed E-state index contributed by atoms with van der Waals surface area (Å²) in [7, 11) is 3.45. The SMILES string of the molecule is CN(C)[C@H](C(=O)NCCc1nc2ccc(F)cc2[nH]1)c1ccccc1F. The Bertz CT molecular complexity index is 923. The minimum absolute atomic E-state index is 0.290. The number of fused-ring (bicyclic) bond motifs is 1. The summed E-state index contributed by atoms with van der Waals surface area (Å²) in [5.74, 6) is -0.388. The maximum atomic E-state index is 14.0. The van der Waals surface area contributed by atoms with Gasteiger partial charge in [-0.25, -0.2) is 13.8 Å². The van der Waals surface area contributed by atoms with Crippen LogP contribution in [0.1, 0.15) is 17.4 Å². The lowest BCUT2D eigenvalue weighted by atomic mass is 10.0. The molecule has 7 heteroatoms. The van der Waals surface area contributed by atoms with Gasteiger partial charge in [0.15, 0.2) is 0 Å². The molecule has 3 aromatic rings. The van der Waals surface area contributed by atoms with E-state index in [0.717, 1.165) is 0 Å². The average Bonchev–Trinajstić information content (AvgIpc) is 2.98. The number of aromatic nitrogens is 2. The zero-order chi connectivity index (χ0) is 18.7. The lowest BCUT2D eigenvalue weighted by Crippen LogP contribution is -2.38. The lowest BCUT2D eigenvalue weighted by molar-refractivity contribution is -0.125. The summed E-state index contributed by atoms with van der Waals surface area (Å²) in [6.07, 6.45) is 0.458. The van der Waals surface area contributed by atoms with E-state index < -0.39 is 11.9 Å². The first kappa shape index (κ1) is 18.0. The molecule has 0 radical (unpaired) electrons. The summed E-state index contributed by atoms with van der Waals surface area (Å²) < 4.78 is 27.3. The lowest BCUT2D eigenvalue weighted by Gasteiger charge is -2.24. The van der Waals surface area contributed by atoms with E-state index >= 15 is 0 Å². The third-order valence-electron chi connectivity index (χ3n) is 4.12. The van der Waals surface area contributed by atoms with E-state index in [-0.39, 0.29) is 11.7 Å². The molecule has 2 aromatic carbocycles. The first-order chi connectivity index (χ1) is 12.5. The van der Waals surface area contributed by atoms with Gasteiger partial charge in [0.2, 0.25) is 5.91 Å². The molecule has 3 rings (SSSR count). The second-order valence-electron chi connectivity index (χ2n) is 6.27. The second kappa shape index (κ2) is 7.61. The van der Waals surface area contributed by atoms with Gasteiger partial charge in [0, 0.05) is 18.5 Å². The quantitative estimate of drug-likeness (QED) is 0.712. The predicted molar refractivity (Wildman–Crippen MR) is 95.6 cm³/mol. The van der Waals surface area contributed by atoms with Crippen LogP contribution < -0.4 is 5.32 Å². The molecule has 0 bridgehead atoms. The number of benzene rings is 2. The van der Waals surface area contributed by atoms with E-state index in [9.17, 15) is 13.6 Å². The summed E-state index contributed by atoms with van der Waals surface area (Å²) in [5, 5.41) is 2.81. The van der Waals surface area contributed by atoms with Crippen LogP contribution in [-0.4, -0.2) is 41.4 Å². The number of hydrogen-bond acceptors (Lipinski definition) is 3. The molecule has 1 amide bonds. The van der Waals surface area contributed by atoms with Crippen LogP contribution in [0.25, 0.3) is 11.0 Å². The van der Waals surface area contributed by atoms with Crippen molar-refractivity contribution >= 4 is 16.9 Å². The summed E-state index contributed by atoms with van der Waals surface area (Å²) in [6.45, 7) is 0.333. The average molecular weight is 358 g/mol.